The molecule has 2 aromatic heterocycles. The number of nitriles is 1. The number of hydrogen-bond acceptors (Lipinski definition) is 4. The molecule has 134 valence electrons. The fourth-order valence-electron chi connectivity index (χ4n) is 3.36. The summed E-state index contributed by atoms with van der Waals surface area (Å²) in [5.41, 5.74) is 2.11. The van der Waals surface area contributed by atoms with Crippen molar-refractivity contribution >= 4 is 10.9 Å². The SMILES string of the molecule is Cc1noc(C)c1-c1c(C#N)c2ccccc2n1-c1ccc(O)c(F)c1F. The van der Waals surface area contributed by atoms with E-state index in [1.807, 2.05) is 0 Å². The number of fused-ring (bicyclic) bond motifs is 1. The summed E-state index contributed by atoms with van der Waals surface area (Å²) in [5, 5.41) is 23.8. The predicted molar refractivity (Wildman–Crippen MR) is 94.5 cm³/mol. The molecule has 0 aliphatic rings. The normalized spacial score (nSPS) is 11.1. The summed E-state index contributed by atoms with van der Waals surface area (Å²) in [6, 6.07) is 11.5. The first-order valence-corrected chi connectivity index (χ1v) is 8.09. The molecular formula is C20H13F2N3O2. The van der Waals surface area contributed by atoms with Gasteiger partial charge in [0.1, 0.15) is 11.8 Å². The highest BCUT2D eigenvalue weighted by Gasteiger charge is 2.27. The van der Waals surface area contributed by atoms with Gasteiger partial charge in [0, 0.05) is 5.39 Å². The smallest absolute Gasteiger partial charge is 0.202 e. The summed E-state index contributed by atoms with van der Waals surface area (Å²) in [5.74, 6) is -2.90. The van der Waals surface area contributed by atoms with Crippen LogP contribution < -0.4 is 0 Å². The predicted octanol–water partition coefficient (Wildman–Crippen LogP) is 4.76. The van der Waals surface area contributed by atoms with Crippen LogP contribution in [0.3, 0.4) is 0 Å². The molecule has 4 aromatic rings. The maximum absolute atomic E-state index is 14.7. The number of nitrogens with zero attached hydrogens (tertiary/aromatic N) is 3. The Bertz CT molecular complexity index is 1230. The number of phenols is 1. The van der Waals surface area contributed by atoms with E-state index in [1.54, 1.807) is 38.1 Å². The Morgan fingerprint density at radius 2 is 1.85 bits per heavy atom. The van der Waals surface area contributed by atoms with E-state index in [4.69, 9.17) is 4.52 Å². The fraction of sp³-hybridized carbons (Fsp3) is 0.100. The van der Waals surface area contributed by atoms with Gasteiger partial charge in [-0.25, -0.2) is 4.39 Å². The largest absolute Gasteiger partial charge is 0.505 e. The maximum atomic E-state index is 14.7. The summed E-state index contributed by atoms with van der Waals surface area (Å²) < 4.78 is 35.5. The third-order valence-corrected chi connectivity index (χ3v) is 4.54. The number of phenolic OH excluding ortho intramolecular Hbond substituents is 1. The van der Waals surface area contributed by atoms with Crippen LogP contribution in [0.4, 0.5) is 8.78 Å². The second-order valence-corrected chi connectivity index (χ2v) is 6.12. The lowest BCUT2D eigenvalue weighted by Crippen LogP contribution is -2.03. The highest BCUT2D eigenvalue weighted by Crippen LogP contribution is 2.40. The second-order valence-electron chi connectivity index (χ2n) is 6.12. The van der Waals surface area contributed by atoms with Gasteiger partial charge in [-0.2, -0.15) is 9.65 Å². The Kier molecular flexibility index (Phi) is 3.70. The van der Waals surface area contributed by atoms with E-state index in [2.05, 4.69) is 11.2 Å². The minimum atomic E-state index is -1.35. The molecule has 27 heavy (non-hydrogen) atoms. The van der Waals surface area contributed by atoms with Gasteiger partial charge < -0.3 is 14.2 Å². The second kappa shape index (κ2) is 5.95. The monoisotopic (exact) mass is 365 g/mol. The molecule has 0 saturated carbocycles. The molecule has 0 radical (unpaired) electrons. The lowest BCUT2D eigenvalue weighted by molar-refractivity contribution is 0.393. The van der Waals surface area contributed by atoms with Crippen molar-refractivity contribution < 1.29 is 18.4 Å². The zero-order valence-corrected chi connectivity index (χ0v) is 14.4. The summed E-state index contributed by atoms with van der Waals surface area (Å²) in [6.45, 7) is 3.40. The van der Waals surface area contributed by atoms with Gasteiger partial charge in [-0.05, 0) is 32.0 Å². The van der Waals surface area contributed by atoms with E-state index in [0.717, 1.165) is 6.07 Å². The van der Waals surface area contributed by atoms with E-state index in [9.17, 15) is 19.1 Å². The Hall–Kier alpha value is -3.66. The maximum Gasteiger partial charge on any atom is 0.202 e. The lowest BCUT2D eigenvalue weighted by Gasteiger charge is -2.13. The summed E-state index contributed by atoms with van der Waals surface area (Å²) in [4.78, 5) is 0. The highest BCUT2D eigenvalue weighted by molar-refractivity contribution is 5.96. The molecule has 2 heterocycles. The molecule has 7 heteroatoms. The number of para-hydroxylation sites is 1. The Morgan fingerprint density at radius 1 is 1.11 bits per heavy atom. The van der Waals surface area contributed by atoms with Crippen molar-refractivity contribution in [3.8, 4) is 28.8 Å². The Labute approximate surface area is 152 Å². The number of aromatic hydroxyl groups is 1. The van der Waals surface area contributed by atoms with Crippen molar-refractivity contribution in [1.29, 1.82) is 5.26 Å². The first-order valence-electron chi connectivity index (χ1n) is 8.09. The van der Waals surface area contributed by atoms with Gasteiger partial charge in [0.05, 0.1) is 33.7 Å². The van der Waals surface area contributed by atoms with Gasteiger partial charge in [-0.3, -0.25) is 0 Å². The lowest BCUT2D eigenvalue weighted by atomic mass is 10.0. The van der Waals surface area contributed by atoms with Gasteiger partial charge in [0.15, 0.2) is 11.6 Å². The number of rotatable bonds is 2. The van der Waals surface area contributed by atoms with Crippen molar-refractivity contribution in [2.45, 2.75) is 13.8 Å². The van der Waals surface area contributed by atoms with Crippen LogP contribution in [0.25, 0.3) is 27.8 Å². The van der Waals surface area contributed by atoms with E-state index in [-0.39, 0.29) is 5.69 Å². The molecule has 0 bridgehead atoms. The van der Waals surface area contributed by atoms with Crippen molar-refractivity contribution in [3.05, 3.63) is 65.1 Å². The quantitative estimate of drug-likeness (QED) is 0.556. The van der Waals surface area contributed by atoms with Crippen LogP contribution in [0, 0.1) is 36.8 Å². The van der Waals surface area contributed by atoms with E-state index >= 15 is 0 Å². The number of aromatic nitrogens is 2. The molecule has 0 atom stereocenters. The molecule has 0 fully saturated rings. The van der Waals surface area contributed by atoms with Gasteiger partial charge in [-0.1, -0.05) is 23.4 Å². The molecule has 0 spiro atoms. The third kappa shape index (κ3) is 2.30. The molecule has 2 aromatic carbocycles. The molecule has 4 rings (SSSR count). The van der Waals surface area contributed by atoms with Gasteiger partial charge in [-0.15, -0.1) is 0 Å². The van der Waals surface area contributed by atoms with Gasteiger partial charge >= 0.3 is 0 Å². The van der Waals surface area contributed by atoms with Crippen LogP contribution in [0.2, 0.25) is 0 Å². The molecule has 0 saturated heterocycles. The van der Waals surface area contributed by atoms with Crippen molar-refractivity contribution in [3.63, 3.8) is 0 Å². The summed E-state index contributed by atoms with van der Waals surface area (Å²) >= 11 is 0. The minimum Gasteiger partial charge on any atom is -0.505 e. The Balaban J connectivity index is 2.24. The minimum absolute atomic E-state index is 0.127. The summed E-state index contributed by atoms with van der Waals surface area (Å²) in [7, 11) is 0. The number of halogens is 2. The van der Waals surface area contributed by atoms with E-state index in [0.29, 0.717) is 39.2 Å². The zero-order valence-electron chi connectivity index (χ0n) is 14.4. The summed E-state index contributed by atoms with van der Waals surface area (Å²) in [6.07, 6.45) is 0. The molecule has 0 unspecified atom stereocenters. The van der Waals surface area contributed by atoms with Crippen LogP contribution in [0.15, 0.2) is 40.9 Å². The molecule has 1 N–H and O–H groups in total. The third-order valence-electron chi connectivity index (χ3n) is 4.54. The zero-order chi connectivity index (χ0) is 19.3. The van der Waals surface area contributed by atoms with Crippen LogP contribution in [0.1, 0.15) is 17.0 Å². The average Bonchev–Trinajstić information content (AvgIpc) is 3.16. The first kappa shape index (κ1) is 16.8. The van der Waals surface area contributed by atoms with Crippen LogP contribution in [0.5, 0.6) is 5.75 Å². The molecular weight excluding hydrogens is 352 g/mol. The molecule has 0 amide bonds. The standard InChI is InChI=1S/C20H13F2N3O2/c1-10-17(11(2)27-24-10)20-13(9-23)12-5-3-4-6-14(12)25(20)15-7-8-16(26)19(22)18(15)21/h3-8,26H,1-2H3. The van der Waals surface area contributed by atoms with Gasteiger partial charge in [0.25, 0.3) is 0 Å². The molecule has 5 nitrogen and oxygen atoms in total. The highest BCUT2D eigenvalue weighted by atomic mass is 19.2. The topological polar surface area (TPSA) is 75.0 Å². The number of hydrogen-bond donors (Lipinski definition) is 1. The molecule has 0 aliphatic carbocycles. The van der Waals surface area contributed by atoms with Crippen molar-refractivity contribution in [2.75, 3.05) is 0 Å². The fourth-order valence-corrected chi connectivity index (χ4v) is 3.36. The van der Waals surface area contributed by atoms with Crippen LogP contribution in [-0.4, -0.2) is 14.8 Å². The van der Waals surface area contributed by atoms with Crippen molar-refractivity contribution in [1.82, 2.24) is 9.72 Å². The first-order chi connectivity index (χ1) is 13.0. The number of aryl methyl sites for hydroxylation is 2. The Morgan fingerprint density at radius 3 is 2.52 bits per heavy atom. The van der Waals surface area contributed by atoms with Crippen molar-refractivity contribution in [2.24, 2.45) is 0 Å². The van der Waals surface area contributed by atoms with Gasteiger partial charge in [0.2, 0.25) is 5.82 Å². The average molecular weight is 365 g/mol. The van der Waals surface area contributed by atoms with Crippen LogP contribution >= 0.6 is 0 Å². The molecule has 0 aliphatic heterocycles. The number of benzene rings is 2. The van der Waals surface area contributed by atoms with E-state index < -0.39 is 17.4 Å². The van der Waals surface area contributed by atoms with E-state index in [1.165, 1.54) is 10.6 Å². The van der Waals surface area contributed by atoms with Crippen LogP contribution in [-0.2, 0) is 0 Å².